The Balaban J connectivity index is 1.41. The molecule has 0 atom stereocenters. The highest BCUT2D eigenvalue weighted by molar-refractivity contribution is 7.00. The van der Waals surface area contributed by atoms with Crippen LogP contribution in [0.25, 0.3) is 55.5 Å². The van der Waals surface area contributed by atoms with E-state index in [1.54, 1.807) is 73.7 Å². The van der Waals surface area contributed by atoms with Gasteiger partial charge >= 0.3 is 0 Å². The fourth-order valence-corrected chi connectivity index (χ4v) is 5.23. The van der Waals surface area contributed by atoms with Gasteiger partial charge in [-0.15, -0.1) is 0 Å². The number of benzene rings is 5. The normalized spacial score (nSPS) is 11.3. The van der Waals surface area contributed by atoms with E-state index in [9.17, 15) is 8.78 Å². The second-order valence-electron chi connectivity index (χ2n) is 8.97. The molecule has 0 saturated heterocycles. The third-order valence-electron chi connectivity index (χ3n) is 6.55. The van der Waals surface area contributed by atoms with Crippen LogP contribution in [0.3, 0.4) is 0 Å². The zero-order valence-electron chi connectivity index (χ0n) is 20.0. The Morgan fingerprint density at radius 2 is 0.947 bits per heavy atom. The van der Waals surface area contributed by atoms with Crippen molar-refractivity contribution in [1.82, 2.24) is 8.75 Å². The zero-order chi connectivity index (χ0) is 26.4. The Morgan fingerprint density at radius 1 is 0.474 bits per heavy atom. The van der Waals surface area contributed by atoms with Crippen LogP contribution in [-0.4, -0.2) is 8.75 Å². The van der Waals surface area contributed by atoms with Crippen molar-refractivity contribution in [2.45, 2.75) is 6.92 Å². The summed E-state index contributed by atoms with van der Waals surface area (Å²) in [5.74, 6) is -1.93. The maximum absolute atomic E-state index is 15.3. The van der Waals surface area contributed by atoms with Crippen LogP contribution in [0.4, 0.5) is 17.6 Å². The van der Waals surface area contributed by atoms with Gasteiger partial charge in [-0.3, -0.25) is 0 Å². The fourth-order valence-electron chi connectivity index (χ4n) is 4.65. The highest BCUT2D eigenvalue weighted by Crippen LogP contribution is 2.38. The lowest BCUT2D eigenvalue weighted by Crippen LogP contribution is -1.93. The molecule has 0 bridgehead atoms. The molecule has 0 aliphatic rings. The Bertz CT molecular complexity index is 1840. The predicted molar refractivity (Wildman–Crippen MR) is 144 cm³/mol. The molecule has 0 radical (unpaired) electrons. The first kappa shape index (κ1) is 24.0. The van der Waals surface area contributed by atoms with E-state index < -0.39 is 23.3 Å². The highest BCUT2D eigenvalue weighted by atomic mass is 32.1. The molecule has 0 aliphatic heterocycles. The third kappa shape index (κ3) is 4.15. The summed E-state index contributed by atoms with van der Waals surface area (Å²) < 4.78 is 68.0. The second kappa shape index (κ2) is 9.50. The first-order valence-corrected chi connectivity index (χ1v) is 12.5. The molecule has 186 valence electrons. The van der Waals surface area contributed by atoms with Crippen LogP contribution in [-0.2, 0) is 0 Å². The first-order valence-electron chi connectivity index (χ1n) is 11.8. The molecule has 6 rings (SSSR count). The van der Waals surface area contributed by atoms with Crippen molar-refractivity contribution in [3.05, 3.63) is 120 Å². The predicted octanol–water partition coefficient (Wildman–Crippen LogP) is 9.22. The van der Waals surface area contributed by atoms with Crippen LogP contribution in [0, 0.1) is 30.2 Å². The number of nitrogens with zero attached hydrogens (tertiary/aromatic N) is 2. The van der Waals surface area contributed by atoms with Gasteiger partial charge in [0.05, 0.1) is 11.7 Å². The van der Waals surface area contributed by atoms with Crippen LogP contribution in [0.15, 0.2) is 91.0 Å². The van der Waals surface area contributed by atoms with Crippen molar-refractivity contribution in [1.29, 1.82) is 0 Å². The number of aromatic nitrogens is 2. The first-order chi connectivity index (χ1) is 18.4. The standard InChI is InChI=1S/C31H18F4N2S/c1-17-6-9-21(27(33)14-17)19-8-11-23(29(35)16-19)25-13-12-24(30-31(25)37-38-36-30)22-10-7-18(15-28(22)34)20-4-2-3-5-26(20)32/h2-16H,1H3. The van der Waals surface area contributed by atoms with Crippen molar-refractivity contribution in [3.63, 3.8) is 0 Å². The molecule has 0 N–H and O–H groups in total. The maximum Gasteiger partial charge on any atom is 0.131 e. The average molecular weight is 527 g/mol. The summed E-state index contributed by atoms with van der Waals surface area (Å²) in [6, 6.07) is 23.4. The summed E-state index contributed by atoms with van der Waals surface area (Å²) in [5.41, 5.74) is 4.63. The Kier molecular flexibility index (Phi) is 6.00. The SMILES string of the molecule is Cc1ccc(-c2ccc(-c3ccc(-c4ccc(-c5ccccc5F)cc4F)c4nsnc34)c(F)c2)c(F)c1. The van der Waals surface area contributed by atoms with Gasteiger partial charge in [0.15, 0.2) is 0 Å². The molecule has 5 aromatic carbocycles. The quantitative estimate of drug-likeness (QED) is 0.214. The van der Waals surface area contributed by atoms with Gasteiger partial charge in [0.25, 0.3) is 0 Å². The van der Waals surface area contributed by atoms with Crippen LogP contribution >= 0.6 is 11.7 Å². The minimum atomic E-state index is -0.538. The van der Waals surface area contributed by atoms with Gasteiger partial charge in [-0.1, -0.05) is 66.7 Å². The average Bonchev–Trinajstić information content (AvgIpc) is 3.39. The van der Waals surface area contributed by atoms with Crippen molar-refractivity contribution in [2.24, 2.45) is 0 Å². The number of hydrogen-bond donors (Lipinski definition) is 0. The lowest BCUT2D eigenvalue weighted by Gasteiger charge is -2.11. The molecular formula is C31H18F4N2S. The molecule has 0 aliphatic carbocycles. The van der Waals surface area contributed by atoms with Crippen molar-refractivity contribution >= 4 is 22.8 Å². The van der Waals surface area contributed by atoms with E-state index in [0.717, 1.165) is 17.3 Å². The van der Waals surface area contributed by atoms with E-state index in [0.29, 0.717) is 44.4 Å². The van der Waals surface area contributed by atoms with E-state index >= 15 is 8.78 Å². The van der Waals surface area contributed by atoms with Gasteiger partial charge in [0.1, 0.15) is 34.3 Å². The number of halogens is 4. The highest BCUT2D eigenvalue weighted by Gasteiger charge is 2.19. The van der Waals surface area contributed by atoms with Crippen LogP contribution in [0.5, 0.6) is 0 Å². The Morgan fingerprint density at radius 3 is 1.47 bits per heavy atom. The topological polar surface area (TPSA) is 25.8 Å². The molecule has 1 heterocycles. The minimum Gasteiger partial charge on any atom is -0.206 e. The molecular weight excluding hydrogens is 508 g/mol. The molecule has 0 saturated carbocycles. The molecule has 0 amide bonds. The fraction of sp³-hybridized carbons (Fsp3) is 0.0323. The molecule has 2 nitrogen and oxygen atoms in total. The van der Waals surface area contributed by atoms with E-state index in [1.807, 2.05) is 0 Å². The van der Waals surface area contributed by atoms with Crippen molar-refractivity contribution in [2.75, 3.05) is 0 Å². The number of hydrogen-bond acceptors (Lipinski definition) is 3. The van der Waals surface area contributed by atoms with Crippen LogP contribution < -0.4 is 0 Å². The summed E-state index contributed by atoms with van der Waals surface area (Å²) >= 11 is 0.943. The molecule has 0 unspecified atom stereocenters. The monoisotopic (exact) mass is 526 g/mol. The van der Waals surface area contributed by atoms with Gasteiger partial charge < -0.3 is 0 Å². The van der Waals surface area contributed by atoms with Gasteiger partial charge in [-0.2, -0.15) is 8.75 Å². The van der Waals surface area contributed by atoms with E-state index in [2.05, 4.69) is 8.75 Å². The Hall–Kier alpha value is -4.36. The van der Waals surface area contributed by atoms with E-state index in [-0.39, 0.29) is 11.1 Å². The van der Waals surface area contributed by atoms with Gasteiger partial charge in [-0.05, 0) is 47.9 Å². The zero-order valence-corrected chi connectivity index (χ0v) is 20.8. The summed E-state index contributed by atoms with van der Waals surface area (Å²) in [6.45, 7) is 1.79. The van der Waals surface area contributed by atoms with Crippen LogP contribution in [0.1, 0.15) is 5.56 Å². The molecule has 6 aromatic rings. The number of aryl methyl sites for hydroxylation is 1. The molecule has 0 spiro atoms. The smallest absolute Gasteiger partial charge is 0.131 e. The van der Waals surface area contributed by atoms with Gasteiger partial charge in [0.2, 0.25) is 0 Å². The molecule has 7 heteroatoms. The summed E-state index contributed by atoms with van der Waals surface area (Å²) in [5, 5.41) is 0. The van der Waals surface area contributed by atoms with E-state index in [1.165, 1.54) is 24.3 Å². The maximum atomic E-state index is 15.3. The van der Waals surface area contributed by atoms with Crippen molar-refractivity contribution < 1.29 is 17.6 Å². The number of rotatable bonds is 4. The lowest BCUT2D eigenvalue weighted by atomic mass is 9.94. The minimum absolute atomic E-state index is 0.278. The number of fused-ring (bicyclic) bond motifs is 1. The van der Waals surface area contributed by atoms with Crippen LogP contribution in [0.2, 0.25) is 0 Å². The van der Waals surface area contributed by atoms with Gasteiger partial charge in [-0.25, -0.2) is 17.6 Å². The Labute approximate surface area is 220 Å². The lowest BCUT2D eigenvalue weighted by molar-refractivity contribution is 0.625. The molecule has 0 fully saturated rings. The largest absolute Gasteiger partial charge is 0.206 e. The van der Waals surface area contributed by atoms with Crippen molar-refractivity contribution in [3.8, 4) is 44.5 Å². The molecule has 38 heavy (non-hydrogen) atoms. The second-order valence-corrected chi connectivity index (χ2v) is 9.50. The summed E-state index contributed by atoms with van der Waals surface area (Å²) in [7, 11) is 0. The summed E-state index contributed by atoms with van der Waals surface area (Å²) in [4.78, 5) is 0. The summed E-state index contributed by atoms with van der Waals surface area (Å²) in [6.07, 6.45) is 0. The van der Waals surface area contributed by atoms with E-state index in [4.69, 9.17) is 0 Å². The van der Waals surface area contributed by atoms with Gasteiger partial charge in [0, 0.05) is 33.4 Å². The molecule has 1 aromatic heterocycles. The third-order valence-corrected chi connectivity index (χ3v) is 7.08.